The molecule has 1 aliphatic rings. The molecule has 0 atom stereocenters. The van der Waals surface area contributed by atoms with Crippen LogP contribution in [0.1, 0.15) is 35.7 Å². The fourth-order valence-corrected chi connectivity index (χ4v) is 2.68. The molecule has 2 aromatic carbocycles. The maximum absolute atomic E-state index is 12.2. The van der Waals surface area contributed by atoms with E-state index in [9.17, 15) is 9.59 Å². The van der Waals surface area contributed by atoms with E-state index in [2.05, 4.69) is 5.32 Å². The second-order valence-electron chi connectivity index (χ2n) is 5.99. The molecule has 0 saturated heterocycles. The summed E-state index contributed by atoms with van der Waals surface area (Å²) in [5.74, 6) is -0.0730. The van der Waals surface area contributed by atoms with Crippen LogP contribution in [0.3, 0.4) is 0 Å². The van der Waals surface area contributed by atoms with E-state index in [-0.39, 0.29) is 11.8 Å². The second kappa shape index (κ2) is 6.24. The highest BCUT2D eigenvalue weighted by Crippen LogP contribution is 2.32. The highest BCUT2D eigenvalue weighted by Gasteiger charge is 2.31. The van der Waals surface area contributed by atoms with Crippen LogP contribution in [0.5, 0.6) is 0 Å². The van der Waals surface area contributed by atoms with E-state index in [0.717, 1.165) is 29.8 Å². The molecule has 1 fully saturated rings. The first-order valence-electron chi connectivity index (χ1n) is 7.82. The van der Waals surface area contributed by atoms with E-state index in [4.69, 9.17) is 0 Å². The summed E-state index contributed by atoms with van der Waals surface area (Å²) in [6.07, 6.45) is 2.12. The van der Waals surface area contributed by atoms with Crippen LogP contribution in [-0.2, 0) is 4.79 Å². The molecule has 0 spiro atoms. The van der Waals surface area contributed by atoms with Crippen LogP contribution in [0.2, 0.25) is 0 Å². The molecule has 3 rings (SSSR count). The molecule has 4 nitrogen and oxygen atoms in total. The van der Waals surface area contributed by atoms with Crippen LogP contribution in [0.15, 0.2) is 48.5 Å². The minimum absolute atomic E-state index is 0.0593. The van der Waals surface area contributed by atoms with Crippen molar-refractivity contribution in [2.24, 2.45) is 0 Å². The lowest BCUT2D eigenvalue weighted by atomic mass is 10.1. The van der Waals surface area contributed by atoms with Crippen molar-refractivity contribution in [2.45, 2.75) is 32.7 Å². The van der Waals surface area contributed by atoms with Gasteiger partial charge in [0.25, 0.3) is 5.91 Å². The number of hydrogen-bond donors (Lipinski definition) is 1. The molecule has 0 unspecified atom stereocenters. The second-order valence-corrected chi connectivity index (χ2v) is 5.99. The summed E-state index contributed by atoms with van der Waals surface area (Å²) in [5, 5.41) is 2.88. The van der Waals surface area contributed by atoms with Crippen LogP contribution in [0.4, 0.5) is 11.4 Å². The van der Waals surface area contributed by atoms with E-state index in [1.165, 1.54) is 0 Å². The van der Waals surface area contributed by atoms with Gasteiger partial charge in [0.15, 0.2) is 0 Å². The summed E-state index contributed by atoms with van der Waals surface area (Å²) in [6, 6.07) is 15.2. The van der Waals surface area contributed by atoms with Crippen LogP contribution >= 0.6 is 0 Å². The van der Waals surface area contributed by atoms with Crippen molar-refractivity contribution in [1.29, 1.82) is 0 Å². The van der Waals surface area contributed by atoms with Crippen molar-refractivity contribution in [2.75, 3.05) is 10.2 Å². The van der Waals surface area contributed by atoms with Crippen molar-refractivity contribution in [3.05, 3.63) is 59.7 Å². The SMILES string of the molecule is CC(=O)N(c1ccc(NC(=O)c2cccc(C)c2)cc1)C1CC1. The van der Waals surface area contributed by atoms with Gasteiger partial charge in [-0.15, -0.1) is 0 Å². The Balaban J connectivity index is 1.72. The van der Waals surface area contributed by atoms with E-state index in [1.807, 2.05) is 54.3 Å². The van der Waals surface area contributed by atoms with E-state index in [0.29, 0.717) is 11.6 Å². The molecule has 0 bridgehead atoms. The first-order chi connectivity index (χ1) is 11.0. The average molecular weight is 308 g/mol. The third-order valence-electron chi connectivity index (χ3n) is 3.93. The molecule has 0 aromatic heterocycles. The van der Waals surface area contributed by atoms with Gasteiger partial charge in [-0.2, -0.15) is 0 Å². The van der Waals surface area contributed by atoms with E-state index in [1.54, 1.807) is 13.0 Å². The summed E-state index contributed by atoms with van der Waals surface area (Å²) in [6.45, 7) is 3.55. The van der Waals surface area contributed by atoms with Gasteiger partial charge in [-0.1, -0.05) is 17.7 Å². The Morgan fingerprint density at radius 2 is 1.78 bits per heavy atom. The van der Waals surface area contributed by atoms with Crippen molar-refractivity contribution in [3.63, 3.8) is 0 Å². The van der Waals surface area contributed by atoms with Crippen LogP contribution in [0, 0.1) is 6.92 Å². The molecule has 1 aliphatic carbocycles. The highest BCUT2D eigenvalue weighted by atomic mass is 16.2. The Morgan fingerprint density at radius 1 is 1.09 bits per heavy atom. The maximum Gasteiger partial charge on any atom is 0.255 e. The number of amides is 2. The van der Waals surface area contributed by atoms with Gasteiger partial charge in [-0.05, 0) is 56.2 Å². The molecular weight excluding hydrogens is 288 g/mol. The van der Waals surface area contributed by atoms with Crippen molar-refractivity contribution < 1.29 is 9.59 Å². The normalized spacial score (nSPS) is 13.5. The molecule has 4 heteroatoms. The lowest BCUT2D eigenvalue weighted by Gasteiger charge is -2.21. The minimum Gasteiger partial charge on any atom is -0.322 e. The molecule has 0 aliphatic heterocycles. The third-order valence-corrected chi connectivity index (χ3v) is 3.93. The van der Waals surface area contributed by atoms with E-state index >= 15 is 0 Å². The monoisotopic (exact) mass is 308 g/mol. The Hall–Kier alpha value is -2.62. The number of anilines is 2. The lowest BCUT2D eigenvalue weighted by Crippen LogP contribution is -2.30. The number of nitrogens with zero attached hydrogens (tertiary/aromatic N) is 1. The first kappa shape index (κ1) is 15.3. The van der Waals surface area contributed by atoms with Crippen LogP contribution < -0.4 is 10.2 Å². The summed E-state index contributed by atoms with van der Waals surface area (Å²) in [7, 11) is 0. The summed E-state index contributed by atoms with van der Waals surface area (Å²) >= 11 is 0. The molecule has 1 saturated carbocycles. The zero-order valence-electron chi connectivity index (χ0n) is 13.4. The Kier molecular flexibility index (Phi) is 4.15. The van der Waals surface area contributed by atoms with Gasteiger partial charge in [-0.25, -0.2) is 0 Å². The first-order valence-corrected chi connectivity index (χ1v) is 7.82. The molecule has 118 valence electrons. The van der Waals surface area contributed by atoms with Gasteiger partial charge in [0.2, 0.25) is 5.91 Å². The number of nitrogens with one attached hydrogen (secondary N) is 1. The third kappa shape index (κ3) is 3.59. The van der Waals surface area contributed by atoms with Crippen molar-refractivity contribution in [3.8, 4) is 0 Å². The van der Waals surface area contributed by atoms with Gasteiger partial charge in [0.1, 0.15) is 0 Å². The lowest BCUT2D eigenvalue weighted by molar-refractivity contribution is -0.116. The molecule has 1 N–H and O–H groups in total. The summed E-state index contributed by atoms with van der Waals surface area (Å²) < 4.78 is 0. The number of hydrogen-bond acceptors (Lipinski definition) is 2. The number of benzene rings is 2. The molecule has 0 heterocycles. The minimum atomic E-state index is -0.132. The topological polar surface area (TPSA) is 49.4 Å². The summed E-state index contributed by atoms with van der Waals surface area (Å²) in [4.78, 5) is 25.8. The smallest absolute Gasteiger partial charge is 0.255 e. The van der Waals surface area contributed by atoms with Gasteiger partial charge >= 0.3 is 0 Å². The van der Waals surface area contributed by atoms with Gasteiger partial charge < -0.3 is 10.2 Å². The van der Waals surface area contributed by atoms with E-state index < -0.39 is 0 Å². The Labute approximate surface area is 136 Å². The molecule has 0 radical (unpaired) electrons. The van der Waals surface area contributed by atoms with Gasteiger partial charge in [0.05, 0.1) is 0 Å². The van der Waals surface area contributed by atoms with Crippen molar-refractivity contribution >= 4 is 23.2 Å². The predicted octanol–water partition coefficient (Wildman–Crippen LogP) is 3.76. The highest BCUT2D eigenvalue weighted by molar-refractivity contribution is 6.04. The number of aryl methyl sites for hydroxylation is 1. The molecule has 2 aromatic rings. The zero-order chi connectivity index (χ0) is 16.4. The van der Waals surface area contributed by atoms with Crippen LogP contribution in [-0.4, -0.2) is 17.9 Å². The fourth-order valence-electron chi connectivity index (χ4n) is 2.68. The number of carbonyl (C=O) groups excluding carboxylic acids is 2. The fraction of sp³-hybridized carbons (Fsp3) is 0.263. The Morgan fingerprint density at radius 3 is 2.35 bits per heavy atom. The standard InChI is InChI=1S/C19H20N2O2/c1-13-4-3-5-15(12-13)19(23)20-16-6-8-17(9-7-16)21(14(2)22)18-10-11-18/h3-9,12,18H,10-11H2,1-2H3,(H,20,23). The number of carbonyl (C=O) groups is 2. The van der Waals surface area contributed by atoms with Crippen molar-refractivity contribution in [1.82, 2.24) is 0 Å². The predicted molar refractivity (Wildman–Crippen MR) is 91.8 cm³/mol. The summed E-state index contributed by atoms with van der Waals surface area (Å²) in [5.41, 5.74) is 3.29. The number of rotatable bonds is 4. The quantitative estimate of drug-likeness (QED) is 0.935. The molecule has 2 amide bonds. The molecular formula is C19H20N2O2. The average Bonchev–Trinajstić information content (AvgIpc) is 3.33. The largest absolute Gasteiger partial charge is 0.322 e. The Bertz CT molecular complexity index is 733. The van der Waals surface area contributed by atoms with Crippen LogP contribution in [0.25, 0.3) is 0 Å². The maximum atomic E-state index is 12.2. The van der Waals surface area contributed by atoms with Gasteiger partial charge in [0, 0.05) is 29.9 Å². The zero-order valence-corrected chi connectivity index (χ0v) is 13.4. The van der Waals surface area contributed by atoms with Gasteiger partial charge in [-0.3, -0.25) is 9.59 Å². The molecule has 23 heavy (non-hydrogen) atoms.